The molecule has 0 aromatic heterocycles. The van der Waals surface area contributed by atoms with Crippen LogP contribution in [0, 0.1) is 0 Å². The first-order valence-corrected chi connectivity index (χ1v) is 4.06. The van der Waals surface area contributed by atoms with Gasteiger partial charge in [-0.1, -0.05) is 38.5 Å². The smallest absolute Gasteiger partial charge is 0.0563 e. The summed E-state index contributed by atoms with van der Waals surface area (Å²) in [6.45, 7) is 0.239. The van der Waals surface area contributed by atoms with Gasteiger partial charge in [0.25, 0.3) is 0 Å². The van der Waals surface area contributed by atoms with Gasteiger partial charge in [-0.15, -0.1) is 0 Å². The molecular formula is C3H6BrIO. The van der Waals surface area contributed by atoms with Crippen LogP contribution < -0.4 is 0 Å². The Kier molecular flexibility index (Phi) is 5.18. The lowest BCUT2D eigenvalue weighted by atomic mass is 10.5. The Morgan fingerprint density at radius 2 is 2.33 bits per heavy atom. The van der Waals surface area contributed by atoms with E-state index in [-0.39, 0.29) is 11.4 Å². The summed E-state index contributed by atoms with van der Waals surface area (Å²) in [6.07, 6.45) is 0. The van der Waals surface area contributed by atoms with Crippen LogP contribution in [0.4, 0.5) is 0 Å². The average Bonchev–Trinajstić information content (AvgIpc) is 1.65. The number of alkyl halides is 2. The standard InChI is InChI=1S/C3H6BrIO/c4-3(1-5)2-6/h3,6H,1-2H2. The highest BCUT2D eigenvalue weighted by Gasteiger charge is 1.94. The summed E-state index contributed by atoms with van der Waals surface area (Å²) < 4.78 is 0.967. The van der Waals surface area contributed by atoms with Crippen LogP contribution in [-0.2, 0) is 0 Å². The van der Waals surface area contributed by atoms with Gasteiger partial charge < -0.3 is 5.11 Å². The predicted octanol–water partition coefficient (Wildman–Crippen LogP) is 1.18. The van der Waals surface area contributed by atoms with Gasteiger partial charge in [0.1, 0.15) is 0 Å². The molecule has 1 unspecified atom stereocenters. The second-order valence-corrected chi connectivity index (χ2v) is 3.11. The molecule has 0 radical (unpaired) electrons. The third-order valence-electron chi connectivity index (χ3n) is 0.366. The number of aliphatic hydroxyl groups is 1. The molecule has 0 bridgehead atoms. The Labute approximate surface area is 59.4 Å². The third kappa shape index (κ3) is 3.36. The van der Waals surface area contributed by atoms with Gasteiger partial charge in [0, 0.05) is 9.25 Å². The Bertz CT molecular complexity index is 30.0. The minimum absolute atomic E-state index is 0.239. The first-order valence-electron chi connectivity index (χ1n) is 1.62. The van der Waals surface area contributed by atoms with Crippen LogP contribution in [0.2, 0.25) is 0 Å². The lowest BCUT2D eigenvalue weighted by Gasteiger charge is -1.94. The largest absolute Gasteiger partial charge is 0.395 e. The van der Waals surface area contributed by atoms with E-state index in [4.69, 9.17) is 5.11 Å². The van der Waals surface area contributed by atoms with Crippen LogP contribution >= 0.6 is 38.5 Å². The maximum Gasteiger partial charge on any atom is 0.0563 e. The summed E-state index contributed by atoms with van der Waals surface area (Å²) in [5.74, 6) is 0. The molecule has 0 aromatic rings. The monoisotopic (exact) mass is 264 g/mol. The van der Waals surface area contributed by atoms with E-state index in [1.807, 2.05) is 0 Å². The van der Waals surface area contributed by atoms with E-state index in [0.29, 0.717) is 0 Å². The van der Waals surface area contributed by atoms with E-state index in [9.17, 15) is 0 Å². The van der Waals surface area contributed by atoms with E-state index in [1.54, 1.807) is 0 Å². The van der Waals surface area contributed by atoms with Gasteiger partial charge in [0.2, 0.25) is 0 Å². The Morgan fingerprint density at radius 1 is 1.83 bits per heavy atom. The first-order chi connectivity index (χ1) is 2.81. The molecule has 0 saturated heterocycles. The van der Waals surface area contributed by atoms with Crippen molar-refractivity contribution in [1.82, 2.24) is 0 Å². The average molecular weight is 265 g/mol. The van der Waals surface area contributed by atoms with Crippen molar-refractivity contribution in [3.05, 3.63) is 0 Å². The summed E-state index contributed by atoms with van der Waals surface area (Å²) >= 11 is 5.42. The van der Waals surface area contributed by atoms with Crippen molar-refractivity contribution in [2.45, 2.75) is 4.83 Å². The van der Waals surface area contributed by atoms with Gasteiger partial charge in [-0.3, -0.25) is 0 Å². The normalized spacial score (nSPS) is 14.5. The molecule has 1 atom stereocenters. The minimum atomic E-state index is 0.239. The van der Waals surface area contributed by atoms with Crippen molar-refractivity contribution in [1.29, 1.82) is 0 Å². The second-order valence-electron chi connectivity index (χ2n) is 0.934. The van der Waals surface area contributed by atoms with Gasteiger partial charge in [-0.2, -0.15) is 0 Å². The summed E-state index contributed by atoms with van der Waals surface area (Å²) in [5, 5.41) is 8.28. The van der Waals surface area contributed by atoms with Crippen LogP contribution in [0.1, 0.15) is 0 Å². The van der Waals surface area contributed by atoms with Crippen LogP contribution in [0.25, 0.3) is 0 Å². The molecule has 0 aliphatic rings. The molecule has 0 rings (SSSR count). The molecule has 0 amide bonds. The summed E-state index contributed by atoms with van der Waals surface area (Å²) in [6, 6.07) is 0. The highest BCUT2D eigenvalue weighted by atomic mass is 127. The fourth-order valence-corrected chi connectivity index (χ4v) is 0.327. The van der Waals surface area contributed by atoms with Crippen molar-refractivity contribution in [2.24, 2.45) is 0 Å². The van der Waals surface area contributed by atoms with E-state index in [1.165, 1.54) is 0 Å². The fourth-order valence-electron chi connectivity index (χ4n) is 0.0488. The maximum atomic E-state index is 8.28. The Balaban J connectivity index is 2.75. The number of hydrogen-bond donors (Lipinski definition) is 1. The van der Waals surface area contributed by atoms with Crippen LogP contribution in [0.3, 0.4) is 0 Å². The van der Waals surface area contributed by atoms with Crippen molar-refractivity contribution in [3.63, 3.8) is 0 Å². The second kappa shape index (κ2) is 4.33. The van der Waals surface area contributed by atoms with E-state index in [2.05, 4.69) is 38.5 Å². The lowest BCUT2D eigenvalue weighted by Crippen LogP contribution is -2.03. The third-order valence-corrected chi connectivity index (χ3v) is 3.25. The molecule has 0 heterocycles. The molecule has 0 aromatic carbocycles. The molecule has 1 N–H and O–H groups in total. The molecule has 0 saturated carbocycles. The summed E-state index contributed by atoms with van der Waals surface area (Å²) in [4.78, 5) is 0.290. The van der Waals surface area contributed by atoms with Gasteiger partial charge in [-0.05, 0) is 0 Å². The van der Waals surface area contributed by atoms with Crippen LogP contribution in [-0.4, -0.2) is 21.0 Å². The zero-order valence-corrected chi connectivity index (χ0v) is 6.94. The highest BCUT2D eigenvalue weighted by molar-refractivity contribution is 14.1. The van der Waals surface area contributed by atoms with E-state index in [0.717, 1.165) is 4.43 Å². The number of aliphatic hydroxyl groups excluding tert-OH is 1. The van der Waals surface area contributed by atoms with Crippen molar-refractivity contribution in [2.75, 3.05) is 11.0 Å². The topological polar surface area (TPSA) is 20.2 Å². The van der Waals surface area contributed by atoms with Crippen molar-refractivity contribution in [3.8, 4) is 0 Å². The molecular weight excluding hydrogens is 259 g/mol. The SMILES string of the molecule is OCC(Br)CI. The van der Waals surface area contributed by atoms with E-state index >= 15 is 0 Å². The molecule has 38 valence electrons. The highest BCUT2D eigenvalue weighted by Crippen LogP contribution is 2.00. The molecule has 6 heavy (non-hydrogen) atoms. The van der Waals surface area contributed by atoms with Gasteiger partial charge in [0.15, 0.2) is 0 Å². The lowest BCUT2D eigenvalue weighted by molar-refractivity contribution is 0.304. The van der Waals surface area contributed by atoms with Crippen LogP contribution in [0.5, 0.6) is 0 Å². The molecule has 0 aliphatic carbocycles. The van der Waals surface area contributed by atoms with Crippen molar-refractivity contribution < 1.29 is 5.11 Å². The molecule has 0 fully saturated rings. The number of rotatable bonds is 2. The maximum absolute atomic E-state index is 8.28. The zero-order chi connectivity index (χ0) is 4.99. The van der Waals surface area contributed by atoms with E-state index < -0.39 is 0 Å². The molecule has 0 aliphatic heterocycles. The first kappa shape index (κ1) is 7.17. The quantitative estimate of drug-likeness (QED) is 0.587. The zero-order valence-electron chi connectivity index (χ0n) is 3.19. The predicted molar refractivity (Wildman–Crippen MR) is 38.7 cm³/mol. The molecule has 0 spiro atoms. The molecule has 1 nitrogen and oxygen atoms in total. The Hall–Kier alpha value is 1.17. The van der Waals surface area contributed by atoms with Gasteiger partial charge in [-0.25, -0.2) is 0 Å². The number of halogens is 2. The fraction of sp³-hybridized carbons (Fsp3) is 1.00. The minimum Gasteiger partial charge on any atom is -0.395 e. The molecule has 3 heteroatoms. The van der Waals surface area contributed by atoms with Gasteiger partial charge >= 0.3 is 0 Å². The number of hydrogen-bond acceptors (Lipinski definition) is 1. The Morgan fingerprint density at radius 3 is 2.33 bits per heavy atom. The van der Waals surface area contributed by atoms with Crippen LogP contribution in [0.15, 0.2) is 0 Å². The summed E-state index contributed by atoms with van der Waals surface area (Å²) in [7, 11) is 0. The van der Waals surface area contributed by atoms with Gasteiger partial charge in [0.05, 0.1) is 6.61 Å². The summed E-state index contributed by atoms with van der Waals surface area (Å²) in [5.41, 5.74) is 0. The van der Waals surface area contributed by atoms with Crippen molar-refractivity contribution >= 4 is 38.5 Å².